The van der Waals surface area contributed by atoms with Gasteiger partial charge >= 0.3 is 0 Å². The number of benzene rings is 1. The van der Waals surface area contributed by atoms with E-state index < -0.39 is 10.0 Å². The van der Waals surface area contributed by atoms with E-state index >= 15 is 0 Å². The van der Waals surface area contributed by atoms with Gasteiger partial charge in [-0.15, -0.1) is 0 Å². The molecule has 1 aliphatic rings. The molecule has 162 valence electrons. The van der Waals surface area contributed by atoms with Crippen LogP contribution in [0.1, 0.15) is 31.7 Å². The van der Waals surface area contributed by atoms with Crippen LogP contribution in [-0.2, 0) is 21.4 Å². The Kier molecular flexibility index (Phi) is 7.44. The van der Waals surface area contributed by atoms with Crippen LogP contribution in [0.4, 0.5) is 0 Å². The van der Waals surface area contributed by atoms with Crippen molar-refractivity contribution in [3.05, 3.63) is 54.4 Å². The number of carbonyl (C=O) groups excluding carboxylic acids is 1. The summed E-state index contributed by atoms with van der Waals surface area (Å²) in [5.74, 6) is 0.937. The van der Waals surface area contributed by atoms with Crippen molar-refractivity contribution in [1.29, 1.82) is 0 Å². The van der Waals surface area contributed by atoms with Crippen molar-refractivity contribution >= 4 is 15.9 Å². The molecule has 0 radical (unpaired) electrons. The van der Waals surface area contributed by atoms with Crippen LogP contribution >= 0.6 is 0 Å². The number of aromatic nitrogens is 1. The van der Waals surface area contributed by atoms with Gasteiger partial charge in [0.2, 0.25) is 15.9 Å². The molecule has 8 heteroatoms. The molecule has 1 fully saturated rings. The van der Waals surface area contributed by atoms with E-state index in [4.69, 9.17) is 4.74 Å². The van der Waals surface area contributed by atoms with Gasteiger partial charge in [0.15, 0.2) is 0 Å². The summed E-state index contributed by atoms with van der Waals surface area (Å²) in [7, 11) is -2.01. The van der Waals surface area contributed by atoms with E-state index in [1.54, 1.807) is 48.1 Å². The number of hydrogen-bond acceptors (Lipinski definition) is 5. The minimum atomic E-state index is -3.56. The second-order valence-electron chi connectivity index (χ2n) is 7.60. The lowest BCUT2D eigenvalue weighted by atomic mass is 9.82. The van der Waals surface area contributed by atoms with E-state index in [9.17, 15) is 13.2 Å². The number of piperidine rings is 1. The summed E-state index contributed by atoms with van der Waals surface area (Å²) in [6.07, 6.45) is 5.35. The lowest BCUT2D eigenvalue weighted by molar-refractivity contribution is -0.122. The minimum Gasteiger partial charge on any atom is -0.497 e. The fraction of sp³-hybridized carbons (Fsp3) is 0.455. The molecule has 0 aliphatic carbocycles. The molecule has 2 heterocycles. The zero-order chi connectivity index (χ0) is 21.6. The summed E-state index contributed by atoms with van der Waals surface area (Å²) < 4.78 is 32.7. The summed E-state index contributed by atoms with van der Waals surface area (Å²) in [6, 6.07) is 10.2. The van der Waals surface area contributed by atoms with Crippen molar-refractivity contribution in [3.8, 4) is 5.75 Å². The maximum Gasteiger partial charge on any atom is 0.243 e. The normalized spacial score (nSPS) is 19.9. The molecule has 2 atom stereocenters. The van der Waals surface area contributed by atoms with E-state index in [1.807, 2.05) is 12.1 Å². The number of pyridine rings is 1. The molecule has 0 bridgehead atoms. The van der Waals surface area contributed by atoms with Gasteiger partial charge in [-0.05, 0) is 54.2 Å². The number of hydrogen-bond donors (Lipinski definition) is 1. The Morgan fingerprint density at radius 1 is 1.23 bits per heavy atom. The monoisotopic (exact) mass is 431 g/mol. The Labute approximate surface area is 178 Å². The van der Waals surface area contributed by atoms with Gasteiger partial charge in [-0.25, -0.2) is 8.42 Å². The number of nitrogens with one attached hydrogen (secondary N) is 1. The van der Waals surface area contributed by atoms with Crippen LogP contribution in [0.3, 0.4) is 0 Å². The van der Waals surface area contributed by atoms with Crippen LogP contribution in [0, 0.1) is 11.8 Å². The first kappa shape index (κ1) is 22.2. The van der Waals surface area contributed by atoms with Gasteiger partial charge in [0, 0.05) is 38.4 Å². The maximum absolute atomic E-state index is 13.0. The molecule has 1 aromatic carbocycles. The average molecular weight is 432 g/mol. The fourth-order valence-electron chi connectivity index (χ4n) is 3.91. The van der Waals surface area contributed by atoms with Crippen molar-refractivity contribution in [2.75, 3.05) is 20.2 Å². The smallest absolute Gasteiger partial charge is 0.243 e. The van der Waals surface area contributed by atoms with Gasteiger partial charge in [-0.2, -0.15) is 4.31 Å². The second kappa shape index (κ2) is 10.0. The molecular formula is C22H29N3O4S. The number of methoxy groups -OCH3 is 1. The minimum absolute atomic E-state index is 0.00577. The number of rotatable bonds is 8. The molecule has 1 amide bonds. The van der Waals surface area contributed by atoms with Gasteiger partial charge in [0.25, 0.3) is 0 Å². The molecule has 1 aliphatic heterocycles. The highest BCUT2D eigenvalue weighted by molar-refractivity contribution is 7.89. The van der Waals surface area contributed by atoms with E-state index in [-0.39, 0.29) is 22.6 Å². The summed E-state index contributed by atoms with van der Waals surface area (Å²) in [5, 5.41) is 2.95. The highest BCUT2D eigenvalue weighted by atomic mass is 32.2. The Bertz CT molecular complexity index is 933. The van der Waals surface area contributed by atoms with Crippen LogP contribution in [0.2, 0.25) is 0 Å². The average Bonchev–Trinajstić information content (AvgIpc) is 2.78. The zero-order valence-electron chi connectivity index (χ0n) is 17.5. The highest BCUT2D eigenvalue weighted by Crippen LogP contribution is 2.32. The van der Waals surface area contributed by atoms with Crippen LogP contribution < -0.4 is 10.1 Å². The third kappa shape index (κ3) is 5.37. The molecule has 1 N–H and O–H groups in total. The molecule has 0 spiro atoms. The third-order valence-corrected chi connectivity index (χ3v) is 7.62. The number of amides is 1. The van der Waals surface area contributed by atoms with Crippen molar-refractivity contribution < 1.29 is 17.9 Å². The van der Waals surface area contributed by atoms with E-state index in [0.29, 0.717) is 38.2 Å². The van der Waals surface area contributed by atoms with Crippen LogP contribution in [0.5, 0.6) is 5.75 Å². The predicted molar refractivity (Wildman–Crippen MR) is 114 cm³/mol. The number of carbonyl (C=O) groups is 1. The van der Waals surface area contributed by atoms with Gasteiger partial charge < -0.3 is 10.1 Å². The molecule has 7 nitrogen and oxygen atoms in total. The Balaban J connectivity index is 1.59. The first-order chi connectivity index (χ1) is 14.4. The zero-order valence-corrected chi connectivity index (χ0v) is 18.3. The third-order valence-electron chi connectivity index (χ3n) is 5.74. The topological polar surface area (TPSA) is 88.6 Å². The Morgan fingerprint density at radius 2 is 2.00 bits per heavy atom. The van der Waals surface area contributed by atoms with Gasteiger partial charge in [-0.1, -0.05) is 19.4 Å². The Morgan fingerprint density at radius 3 is 2.63 bits per heavy atom. The van der Waals surface area contributed by atoms with E-state index in [1.165, 1.54) is 0 Å². The first-order valence-corrected chi connectivity index (χ1v) is 11.7. The molecule has 3 rings (SSSR count). The van der Waals surface area contributed by atoms with E-state index in [0.717, 1.165) is 12.0 Å². The van der Waals surface area contributed by atoms with Gasteiger partial charge in [0.1, 0.15) is 5.75 Å². The van der Waals surface area contributed by atoms with Crippen LogP contribution in [0.25, 0.3) is 0 Å². The summed E-state index contributed by atoms with van der Waals surface area (Å²) in [4.78, 5) is 16.7. The fourth-order valence-corrected chi connectivity index (χ4v) is 5.42. The maximum atomic E-state index is 13.0. The first-order valence-electron chi connectivity index (χ1n) is 10.2. The number of ether oxygens (including phenoxy) is 1. The van der Waals surface area contributed by atoms with Crippen molar-refractivity contribution in [2.24, 2.45) is 11.8 Å². The van der Waals surface area contributed by atoms with Crippen LogP contribution in [-0.4, -0.2) is 43.8 Å². The Hall–Kier alpha value is -2.45. The SMILES string of the molecule is CC[C@H]1CN(S(=O)(=O)c2ccc(OC)cc2)CC[C@H]1CC(=O)NCc1cccnc1. The molecule has 2 aromatic rings. The summed E-state index contributed by atoms with van der Waals surface area (Å²) in [6.45, 7) is 3.36. The number of nitrogens with zero attached hydrogens (tertiary/aromatic N) is 2. The van der Waals surface area contributed by atoms with Crippen molar-refractivity contribution in [1.82, 2.24) is 14.6 Å². The lowest BCUT2D eigenvalue weighted by Gasteiger charge is -2.37. The molecule has 30 heavy (non-hydrogen) atoms. The van der Waals surface area contributed by atoms with Gasteiger partial charge in [-0.3, -0.25) is 9.78 Å². The quantitative estimate of drug-likeness (QED) is 0.694. The van der Waals surface area contributed by atoms with E-state index in [2.05, 4.69) is 17.2 Å². The summed E-state index contributed by atoms with van der Waals surface area (Å²) in [5.41, 5.74) is 0.957. The lowest BCUT2D eigenvalue weighted by Crippen LogP contribution is -2.44. The van der Waals surface area contributed by atoms with Crippen LogP contribution in [0.15, 0.2) is 53.7 Å². The number of sulfonamides is 1. The molecular weight excluding hydrogens is 402 g/mol. The predicted octanol–water partition coefficient (Wildman–Crippen LogP) is 2.83. The molecule has 1 aromatic heterocycles. The summed E-state index contributed by atoms with van der Waals surface area (Å²) >= 11 is 0. The molecule has 0 saturated carbocycles. The van der Waals surface area contributed by atoms with Crippen molar-refractivity contribution in [2.45, 2.75) is 37.6 Å². The molecule has 0 unspecified atom stereocenters. The standard InChI is InChI=1S/C22H29N3O4S/c1-3-18-16-25(30(27,28)21-8-6-20(29-2)7-9-21)12-10-19(18)13-22(26)24-15-17-5-4-11-23-14-17/h4-9,11,14,18-19H,3,10,12-13,15-16H2,1-2H3,(H,24,26)/t18-,19-/m0/s1. The largest absolute Gasteiger partial charge is 0.497 e. The molecule has 1 saturated heterocycles. The second-order valence-corrected chi connectivity index (χ2v) is 9.54. The highest BCUT2D eigenvalue weighted by Gasteiger charge is 2.35. The van der Waals surface area contributed by atoms with Gasteiger partial charge in [0.05, 0.1) is 12.0 Å². The van der Waals surface area contributed by atoms with Crippen molar-refractivity contribution in [3.63, 3.8) is 0 Å².